The van der Waals surface area contributed by atoms with Crippen LogP contribution in [0.5, 0.6) is 0 Å². The number of benzene rings is 1. The molecule has 0 aromatic heterocycles. The summed E-state index contributed by atoms with van der Waals surface area (Å²) in [5, 5.41) is 3.14. The van der Waals surface area contributed by atoms with Gasteiger partial charge in [-0.05, 0) is 31.9 Å². The molecule has 0 spiro atoms. The van der Waals surface area contributed by atoms with Crippen molar-refractivity contribution in [2.24, 2.45) is 0 Å². The Balaban J connectivity index is 1.77. The minimum atomic E-state index is -3.40. The molecule has 2 aliphatic rings. The quantitative estimate of drug-likeness (QED) is 0.897. The normalized spacial score (nSPS) is 21.4. The van der Waals surface area contributed by atoms with Crippen LogP contribution in [0.3, 0.4) is 0 Å². The molecule has 1 saturated heterocycles. The van der Waals surface area contributed by atoms with Crippen LogP contribution in [0.1, 0.15) is 19.8 Å². The van der Waals surface area contributed by atoms with Crippen molar-refractivity contribution in [3.63, 3.8) is 0 Å². The van der Waals surface area contributed by atoms with E-state index in [1.54, 1.807) is 16.4 Å². The molecule has 3 rings (SSSR count). The molecule has 0 atom stereocenters. The van der Waals surface area contributed by atoms with E-state index in [1.807, 2.05) is 19.1 Å². The van der Waals surface area contributed by atoms with Gasteiger partial charge in [-0.1, -0.05) is 12.1 Å². The number of para-hydroxylation sites is 1. The number of nitrogens with zero attached hydrogens (tertiary/aromatic N) is 2. The Morgan fingerprint density at radius 3 is 2.43 bits per heavy atom. The summed E-state index contributed by atoms with van der Waals surface area (Å²) < 4.78 is 27.3. The molecule has 0 amide bonds. The monoisotopic (exact) mass is 309 g/mol. The van der Waals surface area contributed by atoms with Crippen molar-refractivity contribution >= 4 is 15.7 Å². The molecule has 1 aliphatic carbocycles. The van der Waals surface area contributed by atoms with Crippen molar-refractivity contribution in [1.29, 1.82) is 0 Å². The van der Waals surface area contributed by atoms with Crippen LogP contribution in [0.4, 0.5) is 5.69 Å². The highest BCUT2D eigenvalue weighted by Crippen LogP contribution is 2.30. The van der Waals surface area contributed by atoms with Crippen molar-refractivity contribution in [3.05, 3.63) is 24.3 Å². The Hall–Kier alpha value is -1.11. The second kappa shape index (κ2) is 5.94. The summed E-state index contributed by atoms with van der Waals surface area (Å²) >= 11 is 0. The molecule has 21 heavy (non-hydrogen) atoms. The van der Waals surface area contributed by atoms with E-state index in [2.05, 4.69) is 10.2 Å². The third-order valence-corrected chi connectivity index (χ3v) is 6.17. The van der Waals surface area contributed by atoms with Gasteiger partial charge in [-0.2, -0.15) is 4.31 Å². The van der Waals surface area contributed by atoms with Gasteiger partial charge in [-0.15, -0.1) is 0 Å². The number of hydrogen-bond acceptors (Lipinski definition) is 4. The fourth-order valence-corrected chi connectivity index (χ4v) is 4.51. The van der Waals surface area contributed by atoms with Gasteiger partial charge in [-0.3, -0.25) is 4.90 Å². The number of nitrogens with one attached hydrogen (secondary N) is 1. The second-order valence-electron chi connectivity index (χ2n) is 5.70. The standard InChI is InChI=1S/C15H23N3O2S/c1-2-16-14-5-3-4-6-15(14)21(19,20)18-11-9-17(10-12-18)13-7-8-13/h3-6,13,16H,2,7-12H2,1H3. The van der Waals surface area contributed by atoms with Gasteiger partial charge in [0.25, 0.3) is 0 Å². The Labute approximate surface area is 127 Å². The summed E-state index contributed by atoms with van der Waals surface area (Å²) in [7, 11) is -3.40. The molecule has 0 bridgehead atoms. The van der Waals surface area contributed by atoms with E-state index in [1.165, 1.54) is 12.8 Å². The first kappa shape index (κ1) is 14.8. The first-order chi connectivity index (χ1) is 10.1. The van der Waals surface area contributed by atoms with E-state index < -0.39 is 10.0 Å². The van der Waals surface area contributed by atoms with Crippen molar-refractivity contribution < 1.29 is 8.42 Å². The first-order valence-corrected chi connectivity index (χ1v) is 9.14. The molecule has 5 nitrogen and oxygen atoms in total. The molecule has 1 aliphatic heterocycles. The van der Waals surface area contributed by atoms with Gasteiger partial charge in [-0.25, -0.2) is 8.42 Å². The molecular weight excluding hydrogens is 286 g/mol. The van der Waals surface area contributed by atoms with E-state index >= 15 is 0 Å². The summed E-state index contributed by atoms with van der Waals surface area (Å²) in [5.41, 5.74) is 0.699. The highest BCUT2D eigenvalue weighted by Gasteiger charge is 2.35. The maximum Gasteiger partial charge on any atom is 0.245 e. The van der Waals surface area contributed by atoms with Gasteiger partial charge in [0.05, 0.1) is 5.69 Å². The number of rotatable bonds is 5. The lowest BCUT2D eigenvalue weighted by Crippen LogP contribution is -2.49. The molecular formula is C15H23N3O2S. The van der Waals surface area contributed by atoms with Crippen LogP contribution < -0.4 is 5.32 Å². The largest absolute Gasteiger partial charge is 0.384 e. The van der Waals surface area contributed by atoms with Gasteiger partial charge < -0.3 is 5.32 Å². The molecule has 1 aromatic rings. The fourth-order valence-electron chi connectivity index (χ4n) is 2.92. The average Bonchev–Trinajstić information content (AvgIpc) is 3.33. The molecule has 1 saturated carbocycles. The van der Waals surface area contributed by atoms with Crippen LogP contribution in [0.2, 0.25) is 0 Å². The minimum Gasteiger partial charge on any atom is -0.384 e. The smallest absolute Gasteiger partial charge is 0.245 e. The maximum absolute atomic E-state index is 12.8. The highest BCUT2D eigenvalue weighted by molar-refractivity contribution is 7.89. The van der Waals surface area contributed by atoms with Crippen molar-refractivity contribution in [2.45, 2.75) is 30.7 Å². The third-order valence-electron chi connectivity index (χ3n) is 4.21. The van der Waals surface area contributed by atoms with Gasteiger partial charge in [0.15, 0.2) is 0 Å². The number of sulfonamides is 1. The summed E-state index contributed by atoms with van der Waals surface area (Å²) in [5.74, 6) is 0. The predicted molar refractivity (Wildman–Crippen MR) is 84.0 cm³/mol. The van der Waals surface area contributed by atoms with Crippen LogP contribution in [0, 0.1) is 0 Å². The van der Waals surface area contributed by atoms with E-state index in [0.717, 1.165) is 13.1 Å². The fraction of sp³-hybridized carbons (Fsp3) is 0.600. The zero-order valence-electron chi connectivity index (χ0n) is 12.5. The summed E-state index contributed by atoms with van der Waals surface area (Å²) in [4.78, 5) is 2.81. The van der Waals surface area contributed by atoms with Gasteiger partial charge in [0, 0.05) is 38.8 Å². The SMILES string of the molecule is CCNc1ccccc1S(=O)(=O)N1CCN(C2CC2)CC1. The molecule has 0 radical (unpaired) electrons. The topological polar surface area (TPSA) is 52.7 Å². The molecule has 1 N–H and O–H groups in total. The Kier molecular flexibility index (Phi) is 4.19. The summed E-state index contributed by atoms with van der Waals surface area (Å²) in [6.45, 7) is 5.58. The number of hydrogen-bond donors (Lipinski definition) is 1. The zero-order valence-corrected chi connectivity index (χ0v) is 13.3. The lowest BCUT2D eigenvalue weighted by Gasteiger charge is -2.34. The second-order valence-corrected chi connectivity index (χ2v) is 7.60. The van der Waals surface area contributed by atoms with E-state index in [9.17, 15) is 8.42 Å². The van der Waals surface area contributed by atoms with Crippen LogP contribution in [0.25, 0.3) is 0 Å². The maximum atomic E-state index is 12.8. The van der Waals surface area contributed by atoms with Crippen LogP contribution in [0.15, 0.2) is 29.2 Å². The number of piperazine rings is 1. The third kappa shape index (κ3) is 3.07. The van der Waals surface area contributed by atoms with Gasteiger partial charge in [0.1, 0.15) is 4.90 Å². The molecule has 1 heterocycles. The summed E-state index contributed by atoms with van der Waals surface area (Å²) in [6.07, 6.45) is 2.55. The molecule has 1 aromatic carbocycles. The molecule has 0 unspecified atom stereocenters. The Bertz CT molecular complexity index is 591. The van der Waals surface area contributed by atoms with Crippen molar-refractivity contribution in [3.8, 4) is 0 Å². The van der Waals surface area contributed by atoms with Gasteiger partial charge in [0.2, 0.25) is 10.0 Å². The zero-order chi connectivity index (χ0) is 14.9. The van der Waals surface area contributed by atoms with E-state index in [0.29, 0.717) is 36.3 Å². The Morgan fingerprint density at radius 2 is 1.81 bits per heavy atom. The molecule has 6 heteroatoms. The number of anilines is 1. The first-order valence-electron chi connectivity index (χ1n) is 7.70. The summed E-state index contributed by atoms with van der Waals surface area (Å²) in [6, 6.07) is 7.89. The minimum absolute atomic E-state index is 0.395. The van der Waals surface area contributed by atoms with E-state index in [4.69, 9.17) is 0 Å². The van der Waals surface area contributed by atoms with Gasteiger partial charge >= 0.3 is 0 Å². The highest BCUT2D eigenvalue weighted by atomic mass is 32.2. The van der Waals surface area contributed by atoms with Crippen LogP contribution in [-0.4, -0.2) is 56.4 Å². The average molecular weight is 309 g/mol. The predicted octanol–water partition coefficient (Wildman–Crippen LogP) is 1.59. The van der Waals surface area contributed by atoms with E-state index in [-0.39, 0.29) is 0 Å². The van der Waals surface area contributed by atoms with Crippen molar-refractivity contribution in [2.75, 3.05) is 38.0 Å². The van der Waals surface area contributed by atoms with Crippen LogP contribution >= 0.6 is 0 Å². The lowest BCUT2D eigenvalue weighted by atomic mass is 10.3. The lowest BCUT2D eigenvalue weighted by molar-refractivity contribution is 0.180. The van der Waals surface area contributed by atoms with Crippen LogP contribution in [-0.2, 0) is 10.0 Å². The molecule has 116 valence electrons. The Morgan fingerprint density at radius 1 is 1.14 bits per heavy atom. The molecule has 2 fully saturated rings. The van der Waals surface area contributed by atoms with Crippen molar-refractivity contribution in [1.82, 2.24) is 9.21 Å².